The number of fused-ring (bicyclic) bond motifs is 1. The highest BCUT2D eigenvalue weighted by Gasteiger charge is 2.41. The number of nitrogens with one attached hydrogen (secondary N) is 2. The van der Waals surface area contributed by atoms with E-state index >= 15 is 4.39 Å². The van der Waals surface area contributed by atoms with E-state index in [2.05, 4.69) is 44.5 Å². The van der Waals surface area contributed by atoms with Gasteiger partial charge in [0.05, 0.1) is 6.61 Å². The monoisotopic (exact) mass is 727 g/mol. The Morgan fingerprint density at radius 1 is 0.962 bits per heavy atom. The minimum absolute atomic E-state index is 0.0782. The molecule has 52 heavy (non-hydrogen) atoms. The molecule has 0 bridgehead atoms. The fourth-order valence-electron chi connectivity index (χ4n) is 5.94. The van der Waals surface area contributed by atoms with Crippen LogP contribution in [0.25, 0.3) is 11.3 Å². The molecule has 1 aliphatic rings. The van der Waals surface area contributed by atoms with E-state index in [9.17, 15) is 9.59 Å². The van der Waals surface area contributed by atoms with Gasteiger partial charge in [-0.25, -0.2) is 19.0 Å². The van der Waals surface area contributed by atoms with E-state index in [4.69, 9.17) is 19.3 Å². The molecule has 0 radical (unpaired) electrons. The van der Waals surface area contributed by atoms with Gasteiger partial charge in [-0.05, 0) is 78.5 Å². The number of hydrogen-bond donors (Lipinski definition) is 3. The Morgan fingerprint density at radius 3 is 2.33 bits per heavy atom. The Hall–Kier alpha value is -4.77. The van der Waals surface area contributed by atoms with Gasteiger partial charge in [-0.15, -0.1) is 0 Å². The molecule has 4 aromatic rings. The van der Waals surface area contributed by atoms with Crippen molar-refractivity contribution < 1.29 is 32.8 Å². The third kappa shape index (κ3) is 10.2. The van der Waals surface area contributed by atoms with Gasteiger partial charge in [0.1, 0.15) is 23.3 Å². The topological polar surface area (TPSA) is 114 Å². The van der Waals surface area contributed by atoms with Crippen LogP contribution < -0.4 is 24.4 Å². The van der Waals surface area contributed by atoms with Gasteiger partial charge in [0.2, 0.25) is 8.32 Å². The van der Waals surface area contributed by atoms with E-state index < -0.39 is 26.3 Å². The van der Waals surface area contributed by atoms with E-state index in [-0.39, 0.29) is 16.7 Å². The van der Waals surface area contributed by atoms with E-state index in [0.717, 1.165) is 61.1 Å². The molecule has 0 saturated heterocycles. The van der Waals surface area contributed by atoms with Gasteiger partial charge in [-0.2, -0.15) is 4.57 Å². The van der Waals surface area contributed by atoms with Crippen LogP contribution in [0.1, 0.15) is 80.9 Å². The van der Waals surface area contributed by atoms with Crippen LogP contribution in [-0.2, 0) is 12.8 Å². The summed E-state index contributed by atoms with van der Waals surface area (Å²) in [5.74, 6) is 1.11. The lowest BCUT2D eigenvalue weighted by Gasteiger charge is -2.36. The highest BCUT2D eigenvalue weighted by Crippen LogP contribution is 2.38. The number of nitrogens with zero attached hydrogens (tertiary/aromatic N) is 2. The molecule has 9 nitrogen and oxygen atoms in total. The van der Waals surface area contributed by atoms with Crippen molar-refractivity contribution in [1.29, 1.82) is 0 Å². The average molecular weight is 728 g/mol. The Labute approximate surface area is 307 Å². The minimum Gasteiger partial charge on any atom is -0.544 e. The lowest BCUT2D eigenvalue weighted by atomic mass is 10.1. The number of carbonyl (C=O) groups excluding carboxylic acids is 1. The largest absolute Gasteiger partial charge is 0.544 e. The number of halogens is 1. The summed E-state index contributed by atoms with van der Waals surface area (Å²) in [6, 6.07) is 22.3. The number of carbonyl (C=O) groups is 2. The van der Waals surface area contributed by atoms with Crippen LogP contribution in [0.2, 0.25) is 18.1 Å². The molecule has 3 N–H and O–H groups in total. The Bertz CT molecular complexity index is 1830. The summed E-state index contributed by atoms with van der Waals surface area (Å²) in [4.78, 5) is 29.4. The zero-order valence-electron chi connectivity index (χ0n) is 31.0. The van der Waals surface area contributed by atoms with Crippen molar-refractivity contribution in [3.05, 3.63) is 102 Å². The SMILES string of the molecule is CC(C)(C)[Si](C)(C)Oc1ccc(-c2c[n+]3c(c(Cc4ccccc4)n2)NC(Cc2ccc(OCCCCCCCCNC(=O)O)c(F)c2)C3=O)cc1. The fraction of sp³-hybridized carbons (Fsp3) is 0.415. The molecule has 0 fully saturated rings. The van der Waals surface area contributed by atoms with E-state index in [1.54, 1.807) is 16.8 Å². The molecule has 3 aromatic carbocycles. The molecular weight excluding hydrogens is 676 g/mol. The molecule has 1 unspecified atom stereocenters. The van der Waals surface area contributed by atoms with Crippen LogP contribution in [0.4, 0.5) is 15.0 Å². The van der Waals surface area contributed by atoms with Crippen molar-refractivity contribution >= 4 is 26.1 Å². The zero-order chi connectivity index (χ0) is 37.3. The van der Waals surface area contributed by atoms with Gasteiger partial charge in [-0.3, -0.25) is 5.32 Å². The minimum atomic E-state index is -2.00. The molecule has 11 heteroatoms. The molecule has 1 atom stereocenters. The van der Waals surface area contributed by atoms with Crippen LogP contribution in [0.3, 0.4) is 0 Å². The highest BCUT2D eigenvalue weighted by atomic mass is 28.4. The summed E-state index contributed by atoms with van der Waals surface area (Å²) in [6.07, 6.45) is 7.23. The predicted octanol–water partition coefficient (Wildman–Crippen LogP) is 8.81. The molecule has 1 aromatic heterocycles. The summed E-state index contributed by atoms with van der Waals surface area (Å²) in [6.45, 7) is 12.0. The first-order chi connectivity index (χ1) is 24.8. The van der Waals surface area contributed by atoms with Crippen LogP contribution in [0.15, 0.2) is 79.0 Å². The first-order valence-electron chi connectivity index (χ1n) is 18.3. The van der Waals surface area contributed by atoms with Gasteiger partial charge < -0.3 is 19.6 Å². The van der Waals surface area contributed by atoms with Crippen molar-refractivity contribution in [1.82, 2.24) is 10.3 Å². The number of rotatable bonds is 17. The van der Waals surface area contributed by atoms with Crippen molar-refractivity contribution in [2.24, 2.45) is 0 Å². The Morgan fingerprint density at radius 2 is 1.65 bits per heavy atom. The highest BCUT2D eigenvalue weighted by molar-refractivity contribution is 6.74. The number of hydrogen-bond acceptors (Lipinski definition) is 6. The number of ether oxygens (including phenoxy) is 1. The third-order valence-electron chi connectivity index (χ3n) is 9.95. The van der Waals surface area contributed by atoms with Crippen LogP contribution in [0.5, 0.6) is 11.5 Å². The summed E-state index contributed by atoms with van der Waals surface area (Å²) >= 11 is 0. The maximum absolute atomic E-state index is 15.1. The fourth-order valence-corrected chi connectivity index (χ4v) is 6.97. The van der Waals surface area contributed by atoms with Crippen molar-refractivity contribution in [2.45, 2.75) is 96.3 Å². The molecule has 0 aliphatic carbocycles. The summed E-state index contributed by atoms with van der Waals surface area (Å²) in [5.41, 5.74) is 4.09. The van der Waals surface area contributed by atoms with Gasteiger partial charge >= 0.3 is 17.8 Å². The normalized spacial score (nSPS) is 14.1. The van der Waals surface area contributed by atoms with Gasteiger partial charge in [0.25, 0.3) is 0 Å². The number of unbranched alkanes of at least 4 members (excludes halogenated alkanes) is 5. The van der Waals surface area contributed by atoms with E-state index in [0.29, 0.717) is 43.1 Å². The third-order valence-corrected chi connectivity index (χ3v) is 14.3. The van der Waals surface area contributed by atoms with Crippen molar-refractivity contribution in [3.63, 3.8) is 0 Å². The number of anilines is 1. The zero-order valence-corrected chi connectivity index (χ0v) is 32.0. The molecule has 276 valence electrons. The molecule has 5 rings (SSSR count). The standard InChI is InChI=1S/C41H51FN4O5Si/c1-41(2,3)52(4,5)51-32-20-18-31(19-21-32)36-28-46-38(34(44-36)26-29-15-11-10-12-16-29)45-35(39(46)47)27-30-17-22-37(33(42)25-30)50-24-14-9-7-6-8-13-23-43-40(48)49/h10-12,15-22,25,28,35,43H,6-9,13-14,23-24,26-27H2,1-5H3,(H,48,49)/p+1. The van der Waals surface area contributed by atoms with E-state index in [1.807, 2.05) is 60.7 Å². The summed E-state index contributed by atoms with van der Waals surface area (Å²) in [5, 5.41) is 14.5. The maximum Gasteiger partial charge on any atom is 0.404 e. The lowest BCUT2D eigenvalue weighted by Crippen LogP contribution is -2.44. The average Bonchev–Trinajstić information content (AvgIpc) is 3.41. The number of aromatic nitrogens is 2. The number of carboxylic acid groups (broad SMARTS) is 1. The second kappa shape index (κ2) is 17.2. The molecule has 1 amide bonds. The Balaban J connectivity index is 1.23. The lowest BCUT2D eigenvalue weighted by molar-refractivity contribution is -0.552. The van der Waals surface area contributed by atoms with Gasteiger partial charge in [-0.1, -0.05) is 82.9 Å². The molecule has 0 saturated carbocycles. The van der Waals surface area contributed by atoms with E-state index in [1.165, 1.54) is 6.07 Å². The molecule has 0 spiro atoms. The second-order valence-corrected chi connectivity index (χ2v) is 19.8. The predicted molar refractivity (Wildman–Crippen MR) is 204 cm³/mol. The van der Waals surface area contributed by atoms with Crippen molar-refractivity contribution in [2.75, 3.05) is 18.5 Å². The maximum atomic E-state index is 15.1. The van der Waals surface area contributed by atoms with Gasteiger partial charge in [0, 0.05) is 24.9 Å². The van der Waals surface area contributed by atoms with Crippen molar-refractivity contribution in [3.8, 4) is 22.8 Å². The summed E-state index contributed by atoms with van der Waals surface area (Å²) in [7, 11) is -2.00. The van der Waals surface area contributed by atoms with Crippen LogP contribution in [0, 0.1) is 5.82 Å². The van der Waals surface area contributed by atoms with Crippen LogP contribution in [-0.4, -0.2) is 49.6 Å². The molecule has 1 aliphatic heterocycles. The first-order valence-corrected chi connectivity index (χ1v) is 21.2. The Kier molecular flexibility index (Phi) is 12.7. The smallest absolute Gasteiger partial charge is 0.404 e. The second-order valence-electron chi connectivity index (χ2n) is 15.0. The first kappa shape index (κ1) is 38.5. The quantitative estimate of drug-likeness (QED) is 0.0566. The van der Waals surface area contributed by atoms with Gasteiger partial charge in [0.15, 0.2) is 17.6 Å². The number of benzene rings is 3. The number of amides is 1. The molecule has 2 heterocycles. The van der Waals surface area contributed by atoms with Crippen LogP contribution >= 0.6 is 0 Å². The molecular formula is C41H52FN4O5Si+. The summed E-state index contributed by atoms with van der Waals surface area (Å²) < 4.78 is 29.0.